The Labute approximate surface area is 93.7 Å². The molecule has 0 nitrogen and oxygen atoms in total. The largest absolute Gasteiger partial charge is 0.0622 e. The zero-order valence-electron chi connectivity index (χ0n) is 9.62. The normalized spacial score (nSPS) is 15.5. The van der Waals surface area contributed by atoms with E-state index in [1.807, 2.05) is 0 Å². The lowest BCUT2D eigenvalue weighted by Crippen LogP contribution is -1.86. The van der Waals surface area contributed by atoms with Crippen LogP contribution < -0.4 is 0 Å². The summed E-state index contributed by atoms with van der Waals surface area (Å²) in [6, 6.07) is 10.9. The maximum absolute atomic E-state index is 2.24. The van der Waals surface area contributed by atoms with Crippen LogP contribution in [0.15, 0.2) is 30.3 Å². The Hall–Kier alpha value is -0.780. The van der Waals surface area contributed by atoms with Gasteiger partial charge in [-0.1, -0.05) is 68.9 Å². The molecule has 1 aromatic rings. The number of benzene rings is 1. The average Bonchev–Trinajstić information content (AvgIpc) is 3.09. The van der Waals surface area contributed by atoms with E-state index in [9.17, 15) is 0 Å². The Bertz CT molecular complexity index is 259. The lowest BCUT2D eigenvalue weighted by Gasteiger charge is -2.01. The van der Waals surface area contributed by atoms with E-state index in [2.05, 4.69) is 30.3 Å². The van der Waals surface area contributed by atoms with E-state index in [1.165, 1.54) is 56.9 Å². The first-order valence-corrected chi connectivity index (χ1v) is 6.49. The molecule has 0 atom stereocenters. The number of rotatable bonds is 7. The minimum Gasteiger partial charge on any atom is -0.0622 e. The summed E-state index contributed by atoms with van der Waals surface area (Å²) in [7, 11) is 0. The van der Waals surface area contributed by atoms with Crippen molar-refractivity contribution >= 4 is 0 Å². The molecule has 0 aliphatic heterocycles. The van der Waals surface area contributed by atoms with Crippen LogP contribution in [0.3, 0.4) is 0 Å². The van der Waals surface area contributed by atoms with E-state index in [0.29, 0.717) is 0 Å². The number of aryl methyl sites for hydroxylation is 1. The van der Waals surface area contributed by atoms with Gasteiger partial charge >= 0.3 is 0 Å². The highest BCUT2D eigenvalue weighted by atomic mass is 14.3. The summed E-state index contributed by atoms with van der Waals surface area (Å²) in [6.45, 7) is 0. The minimum atomic E-state index is 1.12. The van der Waals surface area contributed by atoms with Crippen molar-refractivity contribution in [3.8, 4) is 0 Å². The molecule has 0 N–H and O–H groups in total. The van der Waals surface area contributed by atoms with Crippen LogP contribution in [0.5, 0.6) is 0 Å². The predicted molar refractivity (Wildman–Crippen MR) is 66.0 cm³/mol. The van der Waals surface area contributed by atoms with Crippen molar-refractivity contribution < 1.29 is 0 Å². The molecule has 1 aliphatic carbocycles. The van der Waals surface area contributed by atoms with Crippen molar-refractivity contribution in [1.82, 2.24) is 0 Å². The van der Waals surface area contributed by atoms with Crippen LogP contribution in [0.4, 0.5) is 0 Å². The van der Waals surface area contributed by atoms with Gasteiger partial charge in [0.05, 0.1) is 0 Å². The van der Waals surface area contributed by atoms with Crippen molar-refractivity contribution in [2.45, 2.75) is 51.4 Å². The topological polar surface area (TPSA) is 0 Å². The van der Waals surface area contributed by atoms with Crippen molar-refractivity contribution in [3.05, 3.63) is 35.9 Å². The van der Waals surface area contributed by atoms with Crippen LogP contribution in [0.2, 0.25) is 0 Å². The number of hydrogen-bond acceptors (Lipinski definition) is 0. The van der Waals surface area contributed by atoms with Gasteiger partial charge in [0.2, 0.25) is 0 Å². The van der Waals surface area contributed by atoms with Gasteiger partial charge in [0.25, 0.3) is 0 Å². The van der Waals surface area contributed by atoms with E-state index in [4.69, 9.17) is 0 Å². The smallest absolute Gasteiger partial charge is 0.0279 e. The van der Waals surface area contributed by atoms with Gasteiger partial charge < -0.3 is 0 Å². The van der Waals surface area contributed by atoms with E-state index in [-0.39, 0.29) is 0 Å². The minimum absolute atomic E-state index is 1.12. The Kier molecular flexibility index (Phi) is 4.25. The molecule has 1 fully saturated rings. The molecule has 0 heteroatoms. The summed E-state index contributed by atoms with van der Waals surface area (Å²) < 4.78 is 0. The first-order chi connectivity index (χ1) is 7.45. The van der Waals surface area contributed by atoms with Gasteiger partial charge in [0, 0.05) is 0 Å². The van der Waals surface area contributed by atoms with Gasteiger partial charge in [-0.25, -0.2) is 0 Å². The highest BCUT2D eigenvalue weighted by molar-refractivity contribution is 5.14. The summed E-state index contributed by atoms with van der Waals surface area (Å²) in [5.41, 5.74) is 1.50. The Morgan fingerprint density at radius 1 is 0.867 bits per heavy atom. The molecule has 0 saturated heterocycles. The molecule has 1 aliphatic rings. The molecule has 0 heterocycles. The first-order valence-electron chi connectivity index (χ1n) is 6.49. The fourth-order valence-electron chi connectivity index (χ4n) is 2.17. The van der Waals surface area contributed by atoms with Crippen LogP contribution in [0.1, 0.15) is 50.5 Å². The third kappa shape index (κ3) is 4.51. The third-order valence-corrected chi connectivity index (χ3v) is 3.37. The molecule has 0 amide bonds. The zero-order valence-corrected chi connectivity index (χ0v) is 9.62. The van der Waals surface area contributed by atoms with Crippen LogP contribution in [-0.2, 0) is 6.42 Å². The summed E-state index contributed by atoms with van der Waals surface area (Å²) >= 11 is 0. The maximum atomic E-state index is 2.24. The molecular formula is C15H22. The lowest BCUT2D eigenvalue weighted by molar-refractivity contribution is 0.585. The molecule has 0 spiro atoms. The van der Waals surface area contributed by atoms with Crippen molar-refractivity contribution in [1.29, 1.82) is 0 Å². The summed E-state index contributed by atoms with van der Waals surface area (Å²) in [5.74, 6) is 1.12. The van der Waals surface area contributed by atoms with E-state index < -0.39 is 0 Å². The highest BCUT2D eigenvalue weighted by Gasteiger charge is 2.19. The molecule has 0 aromatic heterocycles. The maximum Gasteiger partial charge on any atom is -0.0279 e. The molecule has 2 rings (SSSR count). The van der Waals surface area contributed by atoms with Crippen LogP contribution >= 0.6 is 0 Å². The summed E-state index contributed by atoms with van der Waals surface area (Å²) in [5, 5.41) is 0. The fraction of sp³-hybridized carbons (Fsp3) is 0.600. The molecule has 15 heavy (non-hydrogen) atoms. The van der Waals surface area contributed by atoms with Gasteiger partial charge in [-0.3, -0.25) is 0 Å². The molecule has 0 bridgehead atoms. The van der Waals surface area contributed by atoms with E-state index in [1.54, 1.807) is 0 Å². The van der Waals surface area contributed by atoms with Gasteiger partial charge in [-0.05, 0) is 24.3 Å². The van der Waals surface area contributed by atoms with Gasteiger partial charge in [0.1, 0.15) is 0 Å². The lowest BCUT2D eigenvalue weighted by atomic mass is 10.0. The van der Waals surface area contributed by atoms with Crippen LogP contribution in [0.25, 0.3) is 0 Å². The monoisotopic (exact) mass is 202 g/mol. The molecule has 0 unspecified atom stereocenters. The molecule has 82 valence electrons. The average molecular weight is 202 g/mol. The van der Waals surface area contributed by atoms with Gasteiger partial charge in [0.15, 0.2) is 0 Å². The molecule has 1 saturated carbocycles. The van der Waals surface area contributed by atoms with Crippen molar-refractivity contribution in [2.24, 2.45) is 5.92 Å². The second kappa shape index (κ2) is 5.95. The van der Waals surface area contributed by atoms with Crippen molar-refractivity contribution in [3.63, 3.8) is 0 Å². The quantitative estimate of drug-likeness (QED) is 0.567. The van der Waals surface area contributed by atoms with Crippen molar-refractivity contribution in [2.75, 3.05) is 0 Å². The molecule has 1 aromatic carbocycles. The Morgan fingerprint density at radius 2 is 1.60 bits per heavy atom. The second-order valence-corrected chi connectivity index (χ2v) is 4.88. The first kappa shape index (κ1) is 10.7. The predicted octanol–water partition coefficient (Wildman–Crippen LogP) is 4.59. The van der Waals surface area contributed by atoms with Crippen LogP contribution in [-0.4, -0.2) is 0 Å². The number of unbranched alkanes of at least 4 members (excludes halogenated alkanes) is 3. The third-order valence-electron chi connectivity index (χ3n) is 3.37. The zero-order chi connectivity index (χ0) is 10.3. The standard InChI is InChI=1S/C15H22/c1(2-5-11-15-12-13-15)4-8-14-9-6-3-7-10-14/h3,6-7,9-10,15H,1-2,4-5,8,11-13H2. The SMILES string of the molecule is c1ccc(CCCCCCC2CC2)cc1. The van der Waals surface area contributed by atoms with Gasteiger partial charge in [-0.2, -0.15) is 0 Å². The number of hydrogen-bond donors (Lipinski definition) is 0. The van der Waals surface area contributed by atoms with E-state index in [0.717, 1.165) is 5.92 Å². The van der Waals surface area contributed by atoms with Crippen LogP contribution in [0, 0.1) is 5.92 Å². The van der Waals surface area contributed by atoms with E-state index >= 15 is 0 Å². The second-order valence-electron chi connectivity index (χ2n) is 4.88. The van der Waals surface area contributed by atoms with Gasteiger partial charge in [-0.15, -0.1) is 0 Å². The molecule has 0 radical (unpaired) electrons. The fourth-order valence-corrected chi connectivity index (χ4v) is 2.17. The molecular weight excluding hydrogens is 180 g/mol. The Morgan fingerprint density at radius 3 is 2.33 bits per heavy atom. The Balaban J connectivity index is 1.47. The highest BCUT2D eigenvalue weighted by Crippen LogP contribution is 2.34. The summed E-state index contributed by atoms with van der Waals surface area (Å²) in [6.07, 6.45) is 11.5. The summed E-state index contributed by atoms with van der Waals surface area (Å²) in [4.78, 5) is 0.